The van der Waals surface area contributed by atoms with Crippen molar-refractivity contribution in [1.29, 1.82) is 0 Å². The number of aromatic hydroxyl groups is 1. The van der Waals surface area contributed by atoms with Crippen LogP contribution in [0.4, 0.5) is 5.69 Å². The number of aromatic amines is 1. The monoisotopic (exact) mass is 306 g/mol. The standard InChI is InChI=1S/C19H18N2O2/c1-11-8-15(20)4-5-16(11)17-9-14(10-19(23)21-17)13-3-6-18(22)12(2)7-13/h3-10,22H,20H2,1-2H3,(H,21,23). The number of pyridine rings is 1. The number of aromatic nitrogens is 1. The summed E-state index contributed by atoms with van der Waals surface area (Å²) in [7, 11) is 0. The molecule has 1 heterocycles. The van der Waals surface area contributed by atoms with E-state index in [1.807, 2.05) is 44.2 Å². The second kappa shape index (κ2) is 5.65. The molecule has 0 aliphatic heterocycles. The molecule has 0 aliphatic carbocycles. The number of nitrogens with one attached hydrogen (secondary N) is 1. The number of anilines is 1. The molecular weight excluding hydrogens is 288 g/mol. The number of hydrogen-bond acceptors (Lipinski definition) is 3. The number of phenols is 1. The molecule has 0 fully saturated rings. The minimum Gasteiger partial charge on any atom is -0.508 e. The Balaban J connectivity index is 2.16. The van der Waals surface area contributed by atoms with Gasteiger partial charge in [-0.15, -0.1) is 0 Å². The fraction of sp³-hybridized carbons (Fsp3) is 0.105. The van der Waals surface area contributed by atoms with Crippen molar-refractivity contribution in [3.63, 3.8) is 0 Å². The maximum atomic E-state index is 12.1. The molecule has 0 saturated carbocycles. The number of nitrogen functional groups attached to an aromatic ring is 1. The van der Waals surface area contributed by atoms with Crippen LogP contribution in [0.25, 0.3) is 22.4 Å². The molecule has 0 radical (unpaired) electrons. The molecule has 4 nitrogen and oxygen atoms in total. The number of nitrogens with two attached hydrogens (primary N) is 1. The van der Waals surface area contributed by atoms with Gasteiger partial charge in [-0.1, -0.05) is 12.1 Å². The predicted molar refractivity (Wildman–Crippen MR) is 93.5 cm³/mol. The number of aryl methyl sites for hydroxylation is 2. The zero-order chi connectivity index (χ0) is 16.6. The van der Waals surface area contributed by atoms with Gasteiger partial charge in [-0.3, -0.25) is 4.79 Å². The predicted octanol–water partition coefficient (Wildman–Crippen LogP) is 3.61. The Morgan fingerprint density at radius 3 is 2.39 bits per heavy atom. The minimum atomic E-state index is -0.167. The van der Waals surface area contributed by atoms with Crippen molar-refractivity contribution in [2.75, 3.05) is 5.73 Å². The van der Waals surface area contributed by atoms with Crippen LogP contribution >= 0.6 is 0 Å². The quantitative estimate of drug-likeness (QED) is 0.633. The Labute approximate surface area is 134 Å². The van der Waals surface area contributed by atoms with E-state index in [2.05, 4.69) is 4.98 Å². The van der Waals surface area contributed by atoms with Crippen LogP contribution in [-0.4, -0.2) is 10.1 Å². The lowest BCUT2D eigenvalue weighted by Crippen LogP contribution is -2.06. The fourth-order valence-electron chi connectivity index (χ4n) is 2.68. The third-order valence-corrected chi connectivity index (χ3v) is 3.92. The van der Waals surface area contributed by atoms with Crippen molar-refractivity contribution >= 4 is 5.69 Å². The smallest absolute Gasteiger partial charge is 0.249 e. The number of H-pyrrole nitrogens is 1. The summed E-state index contributed by atoms with van der Waals surface area (Å²) in [5.41, 5.74) is 11.5. The van der Waals surface area contributed by atoms with Gasteiger partial charge in [0, 0.05) is 23.0 Å². The highest BCUT2D eigenvalue weighted by Gasteiger charge is 2.08. The minimum absolute atomic E-state index is 0.167. The van der Waals surface area contributed by atoms with Gasteiger partial charge < -0.3 is 15.8 Å². The zero-order valence-electron chi connectivity index (χ0n) is 13.1. The van der Waals surface area contributed by atoms with Crippen molar-refractivity contribution in [3.05, 3.63) is 70.0 Å². The third-order valence-electron chi connectivity index (χ3n) is 3.92. The van der Waals surface area contributed by atoms with Crippen molar-refractivity contribution < 1.29 is 5.11 Å². The van der Waals surface area contributed by atoms with Crippen LogP contribution < -0.4 is 11.3 Å². The highest BCUT2D eigenvalue weighted by Crippen LogP contribution is 2.28. The summed E-state index contributed by atoms with van der Waals surface area (Å²) in [5, 5.41) is 9.66. The molecule has 4 heteroatoms. The Hall–Kier alpha value is -3.01. The lowest BCUT2D eigenvalue weighted by atomic mass is 9.99. The molecule has 116 valence electrons. The normalized spacial score (nSPS) is 10.7. The molecule has 4 N–H and O–H groups in total. The summed E-state index contributed by atoms with van der Waals surface area (Å²) < 4.78 is 0. The molecule has 3 aromatic rings. The van der Waals surface area contributed by atoms with Crippen molar-refractivity contribution in [2.24, 2.45) is 0 Å². The lowest BCUT2D eigenvalue weighted by molar-refractivity contribution is 0.471. The Morgan fingerprint density at radius 2 is 1.70 bits per heavy atom. The molecule has 2 aromatic carbocycles. The van der Waals surface area contributed by atoms with Crippen LogP contribution in [0.15, 0.2) is 53.3 Å². The van der Waals surface area contributed by atoms with E-state index in [0.29, 0.717) is 5.69 Å². The number of rotatable bonds is 2. The van der Waals surface area contributed by atoms with E-state index >= 15 is 0 Å². The van der Waals surface area contributed by atoms with E-state index < -0.39 is 0 Å². The Bertz CT molecular complexity index is 942. The van der Waals surface area contributed by atoms with Gasteiger partial charge in [0.05, 0.1) is 0 Å². The second-order valence-corrected chi connectivity index (χ2v) is 5.72. The van der Waals surface area contributed by atoms with Crippen LogP contribution in [0.3, 0.4) is 0 Å². The van der Waals surface area contributed by atoms with Crippen LogP contribution in [0.5, 0.6) is 5.75 Å². The number of hydrogen-bond donors (Lipinski definition) is 3. The van der Waals surface area contributed by atoms with Gasteiger partial charge in [0.2, 0.25) is 5.56 Å². The fourth-order valence-corrected chi connectivity index (χ4v) is 2.68. The molecule has 0 atom stereocenters. The molecule has 0 saturated heterocycles. The van der Waals surface area contributed by atoms with Crippen molar-refractivity contribution in [3.8, 4) is 28.1 Å². The van der Waals surface area contributed by atoms with Gasteiger partial charge in [-0.2, -0.15) is 0 Å². The highest BCUT2D eigenvalue weighted by molar-refractivity contribution is 5.73. The first-order valence-electron chi connectivity index (χ1n) is 7.35. The highest BCUT2D eigenvalue weighted by atomic mass is 16.3. The van der Waals surface area contributed by atoms with E-state index in [0.717, 1.165) is 33.5 Å². The summed E-state index contributed by atoms with van der Waals surface area (Å²) in [6.45, 7) is 3.79. The van der Waals surface area contributed by atoms with Gasteiger partial charge in [0.15, 0.2) is 0 Å². The second-order valence-electron chi connectivity index (χ2n) is 5.72. The summed E-state index contributed by atoms with van der Waals surface area (Å²) >= 11 is 0. The lowest BCUT2D eigenvalue weighted by Gasteiger charge is -2.10. The van der Waals surface area contributed by atoms with Gasteiger partial charge in [0.25, 0.3) is 0 Å². The van der Waals surface area contributed by atoms with Crippen molar-refractivity contribution in [1.82, 2.24) is 4.98 Å². The first kappa shape index (κ1) is 14.9. The molecule has 1 aromatic heterocycles. The van der Waals surface area contributed by atoms with Crippen LogP contribution in [-0.2, 0) is 0 Å². The van der Waals surface area contributed by atoms with E-state index in [1.54, 1.807) is 18.2 Å². The molecule has 3 rings (SSSR count). The molecular formula is C19H18N2O2. The SMILES string of the molecule is Cc1cc(-c2cc(-c3ccc(N)cc3C)[nH]c(=O)c2)ccc1O. The van der Waals surface area contributed by atoms with Crippen molar-refractivity contribution in [2.45, 2.75) is 13.8 Å². The maximum Gasteiger partial charge on any atom is 0.249 e. The van der Waals surface area contributed by atoms with E-state index in [9.17, 15) is 9.90 Å². The van der Waals surface area contributed by atoms with Gasteiger partial charge in [0.1, 0.15) is 5.75 Å². The summed E-state index contributed by atoms with van der Waals surface area (Å²) in [4.78, 5) is 14.9. The Kier molecular flexibility index (Phi) is 3.66. The largest absolute Gasteiger partial charge is 0.508 e. The molecule has 0 aliphatic rings. The average Bonchev–Trinajstić information content (AvgIpc) is 2.49. The van der Waals surface area contributed by atoms with Crippen LogP contribution in [0, 0.1) is 13.8 Å². The molecule has 0 amide bonds. The molecule has 0 unspecified atom stereocenters. The third kappa shape index (κ3) is 2.97. The molecule has 23 heavy (non-hydrogen) atoms. The van der Waals surface area contributed by atoms with E-state index in [1.165, 1.54) is 0 Å². The molecule has 0 spiro atoms. The summed E-state index contributed by atoms with van der Waals surface area (Å²) in [6, 6.07) is 14.4. The molecule has 0 bridgehead atoms. The number of benzene rings is 2. The van der Waals surface area contributed by atoms with Gasteiger partial charge in [-0.25, -0.2) is 0 Å². The first-order chi connectivity index (χ1) is 10.9. The van der Waals surface area contributed by atoms with Crippen LogP contribution in [0.1, 0.15) is 11.1 Å². The van der Waals surface area contributed by atoms with Crippen LogP contribution in [0.2, 0.25) is 0 Å². The first-order valence-corrected chi connectivity index (χ1v) is 7.35. The van der Waals surface area contributed by atoms with Gasteiger partial charge in [-0.05, 0) is 66.4 Å². The maximum absolute atomic E-state index is 12.1. The van der Waals surface area contributed by atoms with E-state index in [-0.39, 0.29) is 11.3 Å². The Morgan fingerprint density at radius 1 is 0.913 bits per heavy atom. The topological polar surface area (TPSA) is 79.1 Å². The number of phenolic OH excluding ortho intramolecular Hbond substituents is 1. The average molecular weight is 306 g/mol. The van der Waals surface area contributed by atoms with E-state index in [4.69, 9.17) is 5.73 Å². The summed E-state index contributed by atoms with van der Waals surface area (Å²) in [5.74, 6) is 0.244. The summed E-state index contributed by atoms with van der Waals surface area (Å²) in [6.07, 6.45) is 0. The zero-order valence-corrected chi connectivity index (χ0v) is 13.1. The van der Waals surface area contributed by atoms with Gasteiger partial charge >= 0.3 is 0 Å².